The molecule has 1 fully saturated rings. The summed E-state index contributed by atoms with van der Waals surface area (Å²) in [6.45, 7) is 0. The van der Waals surface area contributed by atoms with E-state index in [-0.39, 0.29) is 11.9 Å². The second kappa shape index (κ2) is 6.24. The van der Waals surface area contributed by atoms with Crippen LogP contribution >= 0.6 is 0 Å². The van der Waals surface area contributed by atoms with Gasteiger partial charge in [-0.1, -0.05) is 19.3 Å². The molecule has 0 bridgehead atoms. The highest BCUT2D eigenvalue weighted by Gasteiger charge is 2.24. The van der Waals surface area contributed by atoms with Gasteiger partial charge in [0.1, 0.15) is 0 Å². The van der Waals surface area contributed by atoms with Crippen molar-refractivity contribution in [3.05, 3.63) is 23.8 Å². The van der Waals surface area contributed by atoms with Gasteiger partial charge in [0, 0.05) is 6.07 Å². The Morgan fingerprint density at radius 1 is 1.26 bits per heavy atom. The van der Waals surface area contributed by atoms with Gasteiger partial charge in [-0.2, -0.15) is 5.26 Å². The van der Waals surface area contributed by atoms with E-state index >= 15 is 0 Å². The number of esters is 1. The highest BCUT2D eigenvalue weighted by Crippen LogP contribution is 2.31. The van der Waals surface area contributed by atoms with E-state index in [0.717, 1.165) is 25.7 Å². The van der Waals surface area contributed by atoms with Crippen molar-refractivity contribution in [2.45, 2.75) is 32.1 Å². The van der Waals surface area contributed by atoms with Crippen LogP contribution in [0.25, 0.3) is 0 Å². The molecule has 0 atom stereocenters. The number of rotatable bonds is 3. The number of carbonyl (C=O) groups excluding carboxylic acids is 1. The standard InChI is InChI=1S/C15H17NO3/c1-18-14-9-11(10-16)7-8-13(14)19-15(17)12-5-3-2-4-6-12/h7-9,12H,2-6H2,1H3. The van der Waals surface area contributed by atoms with Crippen molar-refractivity contribution in [3.63, 3.8) is 0 Å². The van der Waals surface area contributed by atoms with Gasteiger partial charge >= 0.3 is 5.97 Å². The smallest absolute Gasteiger partial charge is 0.314 e. The molecular weight excluding hydrogens is 242 g/mol. The van der Waals surface area contributed by atoms with E-state index in [1.165, 1.54) is 13.5 Å². The second-order valence-electron chi connectivity index (χ2n) is 4.73. The highest BCUT2D eigenvalue weighted by atomic mass is 16.6. The Morgan fingerprint density at radius 3 is 2.63 bits per heavy atom. The lowest BCUT2D eigenvalue weighted by atomic mass is 9.89. The summed E-state index contributed by atoms with van der Waals surface area (Å²) in [4.78, 5) is 12.0. The normalized spacial score (nSPS) is 15.6. The van der Waals surface area contributed by atoms with E-state index in [1.54, 1.807) is 18.2 Å². The minimum Gasteiger partial charge on any atom is -0.493 e. The first-order valence-corrected chi connectivity index (χ1v) is 6.54. The zero-order chi connectivity index (χ0) is 13.7. The summed E-state index contributed by atoms with van der Waals surface area (Å²) in [5, 5.41) is 8.82. The van der Waals surface area contributed by atoms with E-state index in [2.05, 4.69) is 0 Å². The van der Waals surface area contributed by atoms with Crippen molar-refractivity contribution in [1.82, 2.24) is 0 Å². The fraction of sp³-hybridized carbons (Fsp3) is 0.467. The van der Waals surface area contributed by atoms with E-state index in [1.807, 2.05) is 6.07 Å². The van der Waals surface area contributed by atoms with Gasteiger partial charge in [-0.25, -0.2) is 0 Å². The van der Waals surface area contributed by atoms with Crippen LogP contribution in [0.3, 0.4) is 0 Å². The molecule has 4 heteroatoms. The van der Waals surface area contributed by atoms with Crippen molar-refractivity contribution < 1.29 is 14.3 Å². The minimum absolute atomic E-state index is 0.00546. The molecule has 100 valence electrons. The molecule has 1 aliphatic rings. The summed E-state index contributed by atoms with van der Waals surface area (Å²) >= 11 is 0. The Kier molecular flexibility index (Phi) is 4.40. The van der Waals surface area contributed by atoms with Crippen LogP contribution in [0.2, 0.25) is 0 Å². The quantitative estimate of drug-likeness (QED) is 0.618. The molecule has 19 heavy (non-hydrogen) atoms. The Morgan fingerprint density at radius 2 is 2.00 bits per heavy atom. The summed E-state index contributed by atoms with van der Waals surface area (Å²) < 4.78 is 10.5. The summed E-state index contributed by atoms with van der Waals surface area (Å²) in [6, 6.07) is 6.82. The number of methoxy groups -OCH3 is 1. The van der Waals surface area contributed by atoms with Crippen molar-refractivity contribution in [3.8, 4) is 17.6 Å². The van der Waals surface area contributed by atoms with Gasteiger partial charge in [-0.05, 0) is 25.0 Å². The van der Waals surface area contributed by atoms with E-state index < -0.39 is 0 Å². The summed E-state index contributed by atoms with van der Waals surface area (Å²) in [5.41, 5.74) is 0.481. The maximum absolute atomic E-state index is 12.0. The molecule has 0 heterocycles. The van der Waals surface area contributed by atoms with Crippen LogP contribution in [-0.2, 0) is 4.79 Å². The first-order chi connectivity index (χ1) is 9.24. The Hall–Kier alpha value is -2.02. The predicted molar refractivity (Wildman–Crippen MR) is 69.9 cm³/mol. The van der Waals surface area contributed by atoms with Gasteiger partial charge in [-0.3, -0.25) is 4.79 Å². The summed E-state index contributed by atoms with van der Waals surface area (Å²) in [7, 11) is 1.49. The maximum atomic E-state index is 12.0. The topological polar surface area (TPSA) is 59.3 Å². The molecule has 1 saturated carbocycles. The molecule has 1 aliphatic carbocycles. The molecule has 0 amide bonds. The Labute approximate surface area is 112 Å². The molecule has 1 aromatic rings. The molecule has 0 aliphatic heterocycles. The number of hydrogen-bond acceptors (Lipinski definition) is 4. The third-order valence-corrected chi connectivity index (χ3v) is 3.44. The Balaban J connectivity index is 2.09. The SMILES string of the molecule is COc1cc(C#N)ccc1OC(=O)C1CCCCC1. The number of nitriles is 1. The number of benzene rings is 1. The molecule has 0 unspecified atom stereocenters. The van der Waals surface area contributed by atoms with E-state index in [9.17, 15) is 4.79 Å². The number of nitrogens with zero attached hydrogens (tertiary/aromatic N) is 1. The van der Waals surface area contributed by atoms with Crippen LogP contribution in [-0.4, -0.2) is 13.1 Å². The van der Waals surface area contributed by atoms with E-state index in [4.69, 9.17) is 14.7 Å². The summed E-state index contributed by atoms with van der Waals surface area (Å²) in [6.07, 6.45) is 5.17. The van der Waals surface area contributed by atoms with Crippen LogP contribution in [0.15, 0.2) is 18.2 Å². The fourth-order valence-electron chi connectivity index (χ4n) is 2.35. The first-order valence-electron chi connectivity index (χ1n) is 6.54. The predicted octanol–water partition coefficient (Wildman–Crippen LogP) is 3.05. The number of carbonyl (C=O) groups is 1. The molecule has 0 aromatic heterocycles. The highest BCUT2D eigenvalue weighted by molar-refractivity contribution is 5.76. The zero-order valence-electron chi connectivity index (χ0n) is 11.0. The van der Waals surface area contributed by atoms with Gasteiger partial charge in [0.15, 0.2) is 11.5 Å². The average molecular weight is 259 g/mol. The molecule has 1 aromatic carbocycles. The third kappa shape index (κ3) is 3.25. The van der Waals surface area contributed by atoms with Crippen LogP contribution in [0, 0.1) is 17.2 Å². The van der Waals surface area contributed by atoms with Crippen LogP contribution in [0.5, 0.6) is 11.5 Å². The van der Waals surface area contributed by atoms with Gasteiger partial charge in [-0.15, -0.1) is 0 Å². The van der Waals surface area contributed by atoms with Crippen molar-refractivity contribution in [2.75, 3.05) is 7.11 Å². The molecular formula is C15H17NO3. The molecule has 0 N–H and O–H groups in total. The average Bonchev–Trinajstić information content (AvgIpc) is 2.48. The van der Waals surface area contributed by atoms with Crippen LogP contribution in [0.1, 0.15) is 37.7 Å². The van der Waals surface area contributed by atoms with Crippen LogP contribution < -0.4 is 9.47 Å². The fourth-order valence-corrected chi connectivity index (χ4v) is 2.35. The third-order valence-electron chi connectivity index (χ3n) is 3.44. The van der Waals surface area contributed by atoms with Gasteiger partial charge in [0.05, 0.1) is 24.7 Å². The van der Waals surface area contributed by atoms with Gasteiger partial charge < -0.3 is 9.47 Å². The minimum atomic E-state index is -0.192. The zero-order valence-corrected chi connectivity index (χ0v) is 11.0. The van der Waals surface area contributed by atoms with Gasteiger partial charge in [0.2, 0.25) is 0 Å². The number of hydrogen-bond donors (Lipinski definition) is 0. The largest absolute Gasteiger partial charge is 0.493 e. The molecule has 0 radical (unpaired) electrons. The van der Waals surface area contributed by atoms with Crippen LogP contribution in [0.4, 0.5) is 0 Å². The maximum Gasteiger partial charge on any atom is 0.314 e. The van der Waals surface area contributed by atoms with E-state index in [0.29, 0.717) is 17.1 Å². The molecule has 0 saturated heterocycles. The monoisotopic (exact) mass is 259 g/mol. The van der Waals surface area contributed by atoms with Crippen molar-refractivity contribution >= 4 is 5.97 Å². The summed E-state index contributed by atoms with van der Waals surface area (Å²) in [5.74, 6) is 0.608. The Bertz CT molecular complexity index is 499. The molecule has 0 spiro atoms. The molecule has 2 rings (SSSR count). The lowest BCUT2D eigenvalue weighted by Gasteiger charge is -2.20. The van der Waals surface area contributed by atoms with Crippen molar-refractivity contribution in [1.29, 1.82) is 5.26 Å². The second-order valence-corrected chi connectivity index (χ2v) is 4.73. The lowest BCUT2D eigenvalue weighted by Crippen LogP contribution is -2.22. The lowest BCUT2D eigenvalue weighted by molar-refractivity contribution is -0.140. The molecule has 4 nitrogen and oxygen atoms in total. The number of ether oxygens (including phenoxy) is 2. The van der Waals surface area contributed by atoms with Crippen molar-refractivity contribution in [2.24, 2.45) is 5.92 Å². The first kappa shape index (κ1) is 13.4. The van der Waals surface area contributed by atoms with Gasteiger partial charge in [0.25, 0.3) is 0 Å².